The van der Waals surface area contributed by atoms with Crippen molar-refractivity contribution in [3.63, 3.8) is 0 Å². The molecule has 0 saturated carbocycles. The van der Waals surface area contributed by atoms with E-state index in [0.717, 1.165) is 64.2 Å². The first-order valence-electron chi connectivity index (χ1n) is 30.0. The molecule has 6 aromatic carbocycles. The van der Waals surface area contributed by atoms with Gasteiger partial charge in [0.1, 0.15) is 18.8 Å². The number of amides is 4. The largest absolute Gasteiger partial charge is 0.465 e. The smallest absolute Gasteiger partial charge is 0.410 e. The van der Waals surface area contributed by atoms with E-state index in [2.05, 4.69) is 88.2 Å². The summed E-state index contributed by atoms with van der Waals surface area (Å²) in [6, 6.07) is 53.6. The molecule has 4 fully saturated rings. The van der Waals surface area contributed by atoms with Gasteiger partial charge in [0, 0.05) is 86.1 Å². The number of fused-ring (bicyclic) bond motifs is 10. The van der Waals surface area contributed by atoms with Crippen molar-refractivity contribution >= 4 is 41.6 Å². The summed E-state index contributed by atoms with van der Waals surface area (Å²) in [6.07, 6.45) is 11.6. The Morgan fingerprint density at radius 1 is 0.560 bits per heavy atom. The van der Waals surface area contributed by atoms with Crippen LogP contribution in [0, 0.1) is 5.92 Å². The monoisotopic (exact) mass is 1160 g/mol. The maximum absolute atomic E-state index is 13.6. The Hall–Kier alpha value is -7.48. The summed E-state index contributed by atoms with van der Waals surface area (Å²) in [5, 5.41) is 9.65. The third-order valence-corrected chi connectivity index (χ3v) is 17.1. The number of esters is 1. The number of hydrogen-bond donors (Lipinski definition) is 3. The molecular formula is C70H82ClN5O8. The van der Waals surface area contributed by atoms with E-state index < -0.39 is 5.60 Å². The van der Waals surface area contributed by atoms with Crippen LogP contribution in [0.15, 0.2) is 158 Å². The fourth-order valence-corrected chi connectivity index (χ4v) is 13.4. The van der Waals surface area contributed by atoms with Crippen LogP contribution in [0.3, 0.4) is 0 Å². The molecule has 4 atom stereocenters. The normalized spacial score (nSPS) is 20.3. The molecule has 442 valence electrons. The highest BCUT2D eigenvalue weighted by atomic mass is 35.5. The van der Waals surface area contributed by atoms with Gasteiger partial charge in [-0.15, -0.1) is 11.6 Å². The molecule has 6 aromatic rings. The second-order valence-electron chi connectivity index (χ2n) is 23.8. The van der Waals surface area contributed by atoms with Crippen LogP contribution in [0.2, 0.25) is 0 Å². The number of benzene rings is 6. The SMILES string of the molecule is CC(=O)OCC1c2ccccc2-c2ccccc21.CC(C)(C)OC(=O)N1C2CCC1CC(CCCNC(=O)c1ccccc1)C2.CCl.O=C(NCCN(C(=O)OCC1c2ccccc2-c2ccccc21)C1CC2CCC(C1)N2)c1ccccc1. The van der Waals surface area contributed by atoms with Gasteiger partial charge in [-0.05, 0) is 160 Å². The first-order chi connectivity index (χ1) is 40.8. The topological polar surface area (TPSA) is 156 Å². The maximum Gasteiger partial charge on any atom is 0.410 e. The standard InChI is InChI=1S/C31H33N3O3.C22H32N2O3.C16H14O2.CH3Cl/c35-30(21-8-2-1-3-9-21)32-16-17-34(24-18-22-14-15-23(19-24)33-22)31(36)37-20-29-27-12-6-4-10-25(27)26-11-5-7-13-28(26)29;1-22(2,3)27-21(26)24-18-11-12-19(24)15-16(14-18)8-7-13-23-20(25)17-9-5-4-6-10-17;1-11(17)18-10-16-14-8-4-2-6-12(14)13-7-3-5-9-15(13)16;1-2/h1-13,22-24,29,33H,14-20H2,(H,32,35);4-6,9-10,16,18-19H,7-8,11-15H2,1-3H3,(H,23,25);2-9,16H,10H2,1H3;1H3. The minimum absolute atomic E-state index is 0.00425. The Labute approximate surface area is 501 Å². The van der Waals surface area contributed by atoms with Crippen LogP contribution in [0.5, 0.6) is 0 Å². The lowest BCUT2D eigenvalue weighted by Crippen LogP contribution is -2.52. The lowest BCUT2D eigenvalue weighted by atomic mass is 9.87. The van der Waals surface area contributed by atoms with Crippen LogP contribution in [0.1, 0.15) is 147 Å². The minimum atomic E-state index is -0.440. The van der Waals surface area contributed by atoms with Crippen molar-refractivity contribution in [3.05, 3.63) is 191 Å². The molecule has 4 bridgehead atoms. The van der Waals surface area contributed by atoms with Gasteiger partial charge in [-0.3, -0.25) is 14.4 Å². The molecule has 4 saturated heterocycles. The second kappa shape index (κ2) is 28.9. The highest BCUT2D eigenvalue weighted by molar-refractivity contribution is 6.15. The molecule has 4 heterocycles. The van der Waals surface area contributed by atoms with E-state index in [9.17, 15) is 24.0 Å². The average Bonchev–Trinajstić information content (AvgIpc) is 2.98. The van der Waals surface area contributed by atoms with Crippen LogP contribution in [0.25, 0.3) is 22.3 Å². The molecular weight excluding hydrogens is 1070 g/mol. The van der Waals surface area contributed by atoms with Gasteiger partial charge in [-0.25, -0.2) is 9.59 Å². The quantitative estimate of drug-likeness (QED) is 0.0418. The summed E-state index contributed by atoms with van der Waals surface area (Å²) in [5.74, 6) is 0.474. The zero-order chi connectivity index (χ0) is 59.2. The Kier molecular flexibility index (Phi) is 21.0. The highest BCUT2D eigenvalue weighted by Crippen LogP contribution is 2.46. The van der Waals surface area contributed by atoms with Gasteiger partial charge in [0.15, 0.2) is 0 Å². The van der Waals surface area contributed by atoms with E-state index in [0.29, 0.717) is 74.1 Å². The molecule has 0 spiro atoms. The summed E-state index contributed by atoms with van der Waals surface area (Å²) in [6.45, 7) is 9.45. The number of alkyl halides is 1. The molecule has 4 aliphatic heterocycles. The Balaban J connectivity index is 0.000000158. The number of halogens is 1. The summed E-state index contributed by atoms with van der Waals surface area (Å²) < 4.78 is 16.8. The molecule has 12 rings (SSSR count). The van der Waals surface area contributed by atoms with Gasteiger partial charge in [-0.1, -0.05) is 133 Å². The van der Waals surface area contributed by atoms with Crippen molar-refractivity contribution in [2.24, 2.45) is 5.92 Å². The number of carbonyl (C=O) groups excluding carboxylic acids is 5. The fraction of sp³-hybridized carbons (Fsp3) is 0.414. The Bertz CT molecular complexity index is 3070. The first kappa shape index (κ1) is 61.1. The van der Waals surface area contributed by atoms with Gasteiger partial charge in [0.25, 0.3) is 11.8 Å². The molecule has 4 unspecified atom stereocenters. The van der Waals surface area contributed by atoms with Crippen molar-refractivity contribution in [1.82, 2.24) is 25.8 Å². The first-order valence-corrected chi connectivity index (χ1v) is 30.8. The summed E-state index contributed by atoms with van der Waals surface area (Å²) in [7, 11) is 0. The molecule has 0 radical (unpaired) electrons. The van der Waals surface area contributed by atoms with Crippen LogP contribution < -0.4 is 16.0 Å². The lowest BCUT2D eigenvalue weighted by molar-refractivity contribution is -0.141. The fourth-order valence-electron chi connectivity index (χ4n) is 13.4. The summed E-state index contributed by atoms with van der Waals surface area (Å²) in [4.78, 5) is 65.6. The summed E-state index contributed by atoms with van der Waals surface area (Å²) >= 11 is 4.64. The van der Waals surface area contributed by atoms with E-state index in [1.807, 2.05) is 116 Å². The third-order valence-electron chi connectivity index (χ3n) is 17.1. The molecule has 2 aliphatic carbocycles. The van der Waals surface area contributed by atoms with E-state index in [1.54, 1.807) is 12.1 Å². The van der Waals surface area contributed by atoms with Crippen molar-refractivity contribution in [1.29, 1.82) is 0 Å². The van der Waals surface area contributed by atoms with Gasteiger partial charge >= 0.3 is 18.2 Å². The van der Waals surface area contributed by atoms with Crippen LogP contribution >= 0.6 is 11.6 Å². The predicted molar refractivity (Wildman–Crippen MR) is 331 cm³/mol. The highest BCUT2D eigenvalue weighted by Gasteiger charge is 2.45. The zero-order valence-corrected chi connectivity index (χ0v) is 50.0. The van der Waals surface area contributed by atoms with Crippen LogP contribution in [-0.4, -0.2) is 115 Å². The molecule has 84 heavy (non-hydrogen) atoms. The van der Waals surface area contributed by atoms with Crippen molar-refractivity contribution in [2.45, 2.75) is 140 Å². The van der Waals surface area contributed by atoms with Gasteiger partial charge in [0.05, 0.1) is 0 Å². The van der Waals surface area contributed by atoms with Crippen LogP contribution in [0.4, 0.5) is 9.59 Å². The van der Waals surface area contributed by atoms with E-state index >= 15 is 0 Å². The number of nitrogens with one attached hydrogen (secondary N) is 3. The third kappa shape index (κ3) is 15.3. The van der Waals surface area contributed by atoms with E-state index in [-0.39, 0.29) is 47.8 Å². The number of hydrogen-bond acceptors (Lipinski definition) is 9. The molecule has 0 aromatic heterocycles. The van der Waals surface area contributed by atoms with Gasteiger partial charge in [0.2, 0.25) is 0 Å². The molecule has 3 N–H and O–H groups in total. The maximum atomic E-state index is 13.6. The van der Waals surface area contributed by atoms with Crippen molar-refractivity contribution < 1.29 is 38.2 Å². The Morgan fingerprint density at radius 3 is 1.42 bits per heavy atom. The van der Waals surface area contributed by atoms with Gasteiger partial charge in [-0.2, -0.15) is 0 Å². The van der Waals surface area contributed by atoms with Gasteiger partial charge < -0.3 is 40.0 Å². The van der Waals surface area contributed by atoms with E-state index in [4.69, 9.17) is 14.2 Å². The van der Waals surface area contributed by atoms with Crippen molar-refractivity contribution in [3.8, 4) is 22.3 Å². The second-order valence-corrected chi connectivity index (χ2v) is 23.8. The number of carbonyl (C=O) groups is 5. The number of nitrogens with zero attached hydrogens (tertiary/aromatic N) is 2. The Morgan fingerprint density at radius 2 is 0.976 bits per heavy atom. The number of piperidine rings is 2. The molecule has 13 nitrogen and oxygen atoms in total. The minimum Gasteiger partial charge on any atom is -0.465 e. The predicted octanol–water partition coefficient (Wildman–Crippen LogP) is 13.5. The number of ether oxygens (including phenoxy) is 3. The van der Waals surface area contributed by atoms with Crippen molar-refractivity contribution in [2.75, 3.05) is 39.2 Å². The summed E-state index contributed by atoms with van der Waals surface area (Å²) in [5.41, 5.74) is 10.7. The molecule has 6 aliphatic rings. The average molecular weight is 1160 g/mol. The van der Waals surface area contributed by atoms with E-state index in [1.165, 1.54) is 57.8 Å². The molecule has 14 heteroatoms. The number of rotatable bonds is 14. The lowest BCUT2D eigenvalue weighted by Gasteiger charge is -2.39. The molecule has 4 amide bonds. The zero-order valence-electron chi connectivity index (χ0n) is 49.3. The van der Waals surface area contributed by atoms with Crippen LogP contribution in [-0.2, 0) is 19.0 Å².